The average molecular weight is 1030 g/mol. The number of fused-ring (bicyclic) bond motifs is 3. The molecule has 15 atom stereocenters. The predicted molar refractivity (Wildman–Crippen MR) is 271 cm³/mol. The number of rotatable bonds is 10. The highest BCUT2D eigenvalue weighted by molar-refractivity contribution is 6.39. The van der Waals surface area contributed by atoms with Crippen molar-refractivity contribution >= 4 is 35.2 Å². The van der Waals surface area contributed by atoms with Crippen molar-refractivity contribution in [3.8, 4) is 0 Å². The lowest BCUT2D eigenvalue weighted by Crippen LogP contribution is -2.61. The van der Waals surface area contributed by atoms with Crippen LogP contribution in [-0.2, 0) is 57.2 Å². The average Bonchev–Trinajstić information content (AvgIpc) is 3.37. The van der Waals surface area contributed by atoms with Gasteiger partial charge in [-0.3, -0.25) is 24.0 Å². The van der Waals surface area contributed by atoms with Gasteiger partial charge in [0.25, 0.3) is 11.7 Å². The molecule has 0 aromatic carbocycles. The molecule has 2 bridgehead atoms. The van der Waals surface area contributed by atoms with Crippen molar-refractivity contribution in [3.05, 3.63) is 47.6 Å². The number of cyclic esters (lactones) is 1. The molecule has 3 aliphatic heterocycles. The minimum absolute atomic E-state index is 0.00697. The molecule has 0 aromatic heterocycles. The molecule has 412 valence electrons. The highest BCUT2D eigenvalue weighted by Gasteiger charge is 2.53. The normalized spacial score (nSPS) is 37.4. The van der Waals surface area contributed by atoms with Gasteiger partial charge >= 0.3 is 11.9 Å². The SMILES string of the molecule is COC1CC2CCC(C)C(O)(O2)C(=O)C(=O)N2CCCCC2C(=O)OC(C(C)CC2CCC(OC(=O)C(C)(CO)CO)C(OC)C2)CC(=O)C(C)/C=C(\C)C(O)C(OC)C(=O)C(C)CC(C)\C=C/C=C\C=C/1C. The van der Waals surface area contributed by atoms with Gasteiger partial charge in [0.05, 0.1) is 31.5 Å². The molecule has 0 radical (unpaired) electrons. The van der Waals surface area contributed by atoms with E-state index in [1.54, 1.807) is 40.9 Å². The molecule has 1 amide bonds. The Morgan fingerprint density at radius 2 is 1.56 bits per heavy atom. The highest BCUT2D eigenvalue weighted by atomic mass is 16.6. The number of methoxy groups -OCH3 is 3. The summed E-state index contributed by atoms with van der Waals surface area (Å²) >= 11 is 0. The zero-order valence-electron chi connectivity index (χ0n) is 45.3. The fourth-order valence-electron chi connectivity index (χ4n) is 10.7. The Morgan fingerprint density at radius 1 is 0.863 bits per heavy atom. The molecular formula is C56H87NO16. The van der Waals surface area contributed by atoms with Crippen molar-refractivity contribution in [2.75, 3.05) is 41.1 Å². The maximum absolute atomic E-state index is 14.5. The van der Waals surface area contributed by atoms with Gasteiger partial charge in [0.1, 0.15) is 41.7 Å². The first kappa shape index (κ1) is 61.6. The number of esters is 2. The number of amides is 1. The number of ketones is 3. The molecule has 1 aliphatic carbocycles. The van der Waals surface area contributed by atoms with E-state index in [1.807, 2.05) is 51.2 Å². The number of allylic oxidation sites excluding steroid dienone is 6. The van der Waals surface area contributed by atoms with Crippen LogP contribution in [0.5, 0.6) is 0 Å². The zero-order valence-corrected chi connectivity index (χ0v) is 45.3. The second-order valence-electron chi connectivity index (χ2n) is 21.8. The van der Waals surface area contributed by atoms with Crippen LogP contribution in [0.1, 0.15) is 132 Å². The Balaban J connectivity index is 1.69. The third-order valence-corrected chi connectivity index (χ3v) is 15.9. The number of piperidine rings is 1. The van der Waals surface area contributed by atoms with Gasteiger partial charge in [0, 0.05) is 58.5 Å². The molecule has 4 aliphatic rings. The molecule has 4 N–H and O–H groups in total. The summed E-state index contributed by atoms with van der Waals surface area (Å²) in [4.78, 5) is 85.4. The summed E-state index contributed by atoms with van der Waals surface area (Å²) in [5.41, 5.74) is -0.277. The van der Waals surface area contributed by atoms with E-state index in [4.69, 9.17) is 28.4 Å². The Bertz CT molecular complexity index is 2010. The lowest BCUT2D eigenvalue weighted by molar-refractivity contribution is -0.265. The maximum Gasteiger partial charge on any atom is 0.329 e. The van der Waals surface area contributed by atoms with E-state index in [9.17, 15) is 49.2 Å². The number of aliphatic hydroxyl groups excluding tert-OH is 3. The quantitative estimate of drug-likeness (QED) is 0.116. The zero-order chi connectivity index (χ0) is 54.4. The van der Waals surface area contributed by atoms with Gasteiger partial charge in [-0.1, -0.05) is 71.1 Å². The monoisotopic (exact) mass is 1030 g/mol. The largest absolute Gasteiger partial charge is 0.460 e. The summed E-state index contributed by atoms with van der Waals surface area (Å²) in [6, 6.07) is -1.20. The van der Waals surface area contributed by atoms with Gasteiger partial charge in [-0.05, 0) is 114 Å². The number of hydrogen-bond acceptors (Lipinski definition) is 16. The van der Waals surface area contributed by atoms with E-state index >= 15 is 0 Å². The standard InChI is InChI=1S/C56H87NO16/c1-33-17-13-12-14-18-34(2)45(68-9)29-41-22-20-39(7)56(67,73-41)51(63)52(64)57-24-16-15-19-42(57)53(65)71-46(30-43(60)35(3)26-38(6)49(62)50(70-11)48(61)37(5)25-33)36(4)27-40-21-23-44(47(28-40)69-10)72-54(66)55(8,31-58)32-59/h12-14,17-18,26,33,35-37,39-42,44-47,49-50,58-59,62,67H,15-16,19-25,27-32H2,1-11H3/b14-12-,17-13-,34-18-,38-26+. The van der Waals surface area contributed by atoms with Crippen LogP contribution in [0, 0.1) is 40.9 Å². The number of aliphatic hydroxyl groups is 4. The molecule has 73 heavy (non-hydrogen) atoms. The number of nitrogens with zero attached hydrogens (tertiary/aromatic N) is 1. The lowest BCUT2D eigenvalue weighted by atomic mass is 9.78. The number of ether oxygens (including phenoxy) is 6. The molecule has 2 saturated heterocycles. The summed E-state index contributed by atoms with van der Waals surface area (Å²) in [6.07, 6.45) is 9.76. The molecule has 4 rings (SSSR count). The Morgan fingerprint density at radius 3 is 2.21 bits per heavy atom. The third kappa shape index (κ3) is 16.0. The van der Waals surface area contributed by atoms with Gasteiger partial charge in [0.15, 0.2) is 5.78 Å². The molecule has 0 spiro atoms. The van der Waals surface area contributed by atoms with Crippen molar-refractivity contribution in [1.29, 1.82) is 0 Å². The molecule has 17 nitrogen and oxygen atoms in total. The van der Waals surface area contributed by atoms with E-state index in [-0.39, 0.29) is 42.8 Å². The molecule has 15 unspecified atom stereocenters. The molecule has 3 heterocycles. The van der Waals surface area contributed by atoms with Crippen LogP contribution in [0.2, 0.25) is 0 Å². The maximum atomic E-state index is 14.5. The van der Waals surface area contributed by atoms with Crippen LogP contribution in [0.15, 0.2) is 47.6 Å². The predicted octanol–water partition coefficient (Wildman–Crippen LogP) is 5.72. The van der Waals surface area contributed by atoms with Crippen LogP contribution >= 0.6 is 0 Å². The van der Waals surface area contributed by atoms with Gasteiger partial charge in [-0.2, -0.15) is 0 Å². The van der Waals surface area contributed by atoms with Crippen LogP contribution in [0.25, 0.3) is 0 Å². The van der Waals surface area contributed by atoms with Crippen molar-refractivity contribution in [3.63, 3.8) is 0 Å². The summed E-state index contributed by atoms with van der Waals surface area (Å²) in [7, 11) is 4.43. The van der Waals surface area contributed by atoms with Crippen LogP contribution in [0.3, 0.4) is 0 Å². The number of carbonyl (C=O) groups is 6. The van der Waals surface area contributed by atoms with Gasteiger partial charge in [-0.25, -0.2) is 4.79 Å². The van der Waals surface area contributed by atoms with E-state index in [0.29, 0.717) is 69.8 Å². The smallest absolute Gasteiger partial charge is 0.329 e. The number of Topliss-reactive ketones (excluding diaryl/α,β-unsaturated/α-hetero) is 3. The summed E-state index contributed by atoms with van der Waals surface area (Å²) in [5, 5.41) is 43.1. The summed E-state index contributed by atoms with van der Waals surface area (Å²) < 4.78 is 35.4. The van der Waals surface area contributed by atoms with E-state index in [0.717, 1.165) is 10.5 Å². The molecular weight excluding hydrogens is 943 g/mol. The highest BCUT2D eigenvalue weighted by Crippen LogP contribution is 2.38. The second kappa shape index (κ2) is 28.3. The van der Waals surface area contributed by atoms with Gasteiger partial charge in [0.2, 0.25) is 5.79 Å². The second-order valence-corrected chi connectivity index (χ2v) is 21.8. The van der Waals surface area contributed by atoms with Gasteiger partial charge < -0.3 is 53.7 Å². The van der Waals surface area contributed by atoms with Crippen molar-refractivity contribution in [2.24, 2.45) is 40.9 Å². The van der Waals surface area contributed by atoms with E-state index < -0.39 is 120 Å². The Labute approximate surface area is 433 Å². The molecule has 0 aromatic rings. The van der Waals surface area contributed by atoms with Gasteiger partial charge in [-0.15, -0.1) is 0 Å². The number of hydrogen-bond donors (Lipinski definition) is 4. The first-order valence-corrected chi connectivity index (χ1v) is 26.4. The van der Waals surface area contributed by atoms with Crippen molar-refractivity contribution < 1.29 is 77.6 Å². The topological polar surface area (TPSA) is 242 Å². The third-order valence-electron chi connectivity index (χ3n) is 15.9. The molecule has 1 saturated carbocycles. The number of carbonyl (C=O) groups excluding carboxylic acids is 6. The first-order chi connectivity index (χ1) is 34.5. The van der Waals surface area contributed by atoms with Crippen molar-refractivity contribution in [1.82, 2.24) is 4.90 Å². The van der Waals surface area contributed by atoms with E-state index in [1.165, 1.54) is 21.1 Å². The fraction of sp³-hybridized carbons (Fsp3) is 0.750. The Kier molecular flexibility index (Phi) is 23.9. The minimum Gasteiger partial charge on any atom is -0.460 e. The lowest BCUT2D eigenvalue weighted by Gasteiger charge is -2.42. The van der Waals surface area contributed by atoms with Crippen molar-refractivity contribution in [2.45, 2.75) is 187 Å². The van der Waals surface area contributed by atoms with Crippen LogP contribution in [-0.4, -0.2) is 156 Å². The fourth-order valence-corrected chi connectivity index (χ4v) is 10.7. The van der Waals surface area contributed by atoms with Crippen LogP contribution < -0.4 is 0 Å². The summed E-state index contributed by atoms with van der Waals surface area (Å²) in [6.45, 7) is 12.7. The summed E-state index contributed by atoms with van der Waals surface area (Å²) in [5.74, 6) is -9.36. The Hall–Kier alpha value is -3.94. The molecule has 17 heteroatoms. The molecule has 3 fully saturated rings. The minimum atomic E-state index is -2.47. The van der Waals surface area contributed by atoms with Crippen LogP contribution in [0.4, 0.5) is 0 Å². The van der Waals surface area contributed by atoms with E-state index in [2.05, 4.69) is 0 Å². The first-order valence-electron chi connectivity index (χ1n) is 26.4.